The van der Waals surface area contributed by atoms with Crippen LogP contribution in [0.1, 0.15) is 25.5 Å². The smallest absolute Gasteiger partial charge is 0.206 e. The first kappa shape index (κ1) is 12.2. The van der Waals surface area contributed by atoms with Crippen molar-refractivity contribution in [1.82, 2.24) is 9.55 Å². The zero-order valence-electron chi connectivity index (χ0n) is 10.6. The van der Waals surface area contributed by atoms with Gasteiger partial charge in [0.25, 0.3) is 0 Å². The highest BCUT2D eigenvalue weighted by molar-refractivity contribution is 5.37. The first-order valence-corrected chi connectivity index (χ1v) is 6.43. The van der Waals surface area contributed by atoms with Crippen molar-refractivity contribution in [3.8, 4) is 0 Å². The lowest BCUT2D eigenvalue weighted by Crippen LogP contribution is -2.37. The van der Waals surface area contributed by atoms with Crippen LogP contribution in [-0.2, 0) is 13.0 Å². The first-order valence-electron chi connectivity index (χ1n) is 6.43. The Kier molecular flexibility index (Phi) is 3.84. The summed E-state index contributed by atoms with van der Waals surface area (Å²) in [5, 5.41) is 0. The van der Waals surface area contributed by atoms with Crippen molar-refractivity contribution in [2.45, 2.75) is 38.8 Å². The fourth-order valence-corrected chi connectivity index (χ4v) is 2.48. The Balaban J connectivity index is 2.28. The lowest BCUT2D eigenvalue weighted by Gasteiger charge is -2.24. The Labute approximate surface area is 103 Å². The quantitative estimate of drug-likeness (QED) is 0.786. The van der Waals surface area contributed by atoms with Crippen molar-refractivity contribution < 1.29 is 0 Å². The Bertz CT molecular complexity index is 383. The summed E-state index contributed by atoms with van der Waals surface area (Å²) in [6.45, 7) is 8.53. The van der Waals surface area contributed by atoms with Gasteiger partial charge < -0.3 is 15.2 Å². The molecule has 0 radical (unpaired) electrons. The maximum absolute atomic E-state index is 5.83. The maximum atomic E-state index is 5.83. The normalized spacial score (nSPS) is 19.9. The molecule has 0 aromatic carbocycles. The largest absolute Gasteiger partial charge is 0.338 e. The van der Waals surface area contributed by atoms with Crippen molar-refractivity contribution in [1.29, 1.82) is 0 Å². The maximum Gasteiger partial charge on any atom is 0.206 e. The molecular weight excluding hydrogens is 212 g/mol. The van der Waals surface area contributed by atoms with Crippen molar-refractivity contribution in [2.24, 2.45) is 5.73 Å². The minimum Gasteiger partial charge on any atom is -0.338 e. The van der Waals surface area contributed by atoms with Gasteiger partial charge in [0.1, 0.15) is 0 Å². The fraction of sp³-hybridized carbons (Fsp3) is 0.615. The summed E-state index contributed by atoms with van der Waals surface area (Å²) in [5.41, 5.74) is 6.97. The van der Waals surface area contributed by atoms with Gasteiger partial charge in [0.05, 0.1) is 5.69 Å². The van der Waals surface area contributed by atoms with Crippen LogP contribution in [-0.4, -0.2) is 28.7 Å². The van der Waals surface area contributed by atoms with Crippen molar-refractivity contribution in [2.75, 3.05) is 18.0 Å². The fourth-order valence-electron chi connectivity index (χ4n) is 2.48. The molecule has 0 amide bonds. The third-order valence-electron chi connectivity index (χ3n) is 3.40. The number of imidazole rings is 1. The SMILES string of the molecule is C=CCn1cc(CC)nc1N1CCCC1CN. The Hall–Kier alpha value is -1.29. The minimum atomic E-state index is 0.450. The molecule has 1 aromatic rings. The summed E-state index contributed by atoms with van der Waals surface area (Å²) in [6.07, 6.45) is 7.41. The number of aryl methyl sites for hydroxylation is 1. The van der Waals surface area contributed by atoms with E-state index in [1.54, 1.807) is 0 Å². The first-order chi connectivity index (χ1) is 8.30. The summed E-state index contributed by atoms with van der Waals surface area (Å²) in [4.78, 5) is 7.06. The second-order valence-electron chi connectivity index (χ2n) is 4.55. The number of nitrogens with two attached hydrogens (primary N) is 1. The van der Waals surface area contributed by atoms with Crippen LogP contribution in [0, 0.1) is 0 Å². The molecular formula is C13H22N4. The van der Waals surface area contributed by atoms with Crippen LogP contribution in [0.15, 0.2) is 18.9 Å². The van der Waals surface area contributed by atoms with Crippen molar-refractivity contribution >= 4 is 5.95 Å². The highest BCUT2D eigenvalue weighted by atomic mass is 15.3. The van der Waals surface area contributed by atoms with Crippen LogP contribution in [0.5, 0.6) is 0 Å². The van der Waals surface area contributed by atoms with Gasteiger partial charge in [-0.05, 0) is 19.3 Å². The molecule has 4 heteroatoms. The monoisotopic (exact) mass is 234 g/mol. The molecule has 4 nitrogen and oxygen atoms in total. The number of allylic oxidation sites excluding steroid dienone is 1. The van der Waals surface area contributed by atoms with E-state index in [-0.39, 0.29) is 0 Å². The van der Waals surface area contributed by atoms with Crippen molar-refractivity contribution in [3.63, 3.8) is 0 Å². The van der Waals surface area contributed by atoms with Crippen molar-refractivity contribution in [3.05, 3.63) is 24.5 Å². The van der Waals surface area contributed by atoms with Crippen LogP contribution >= 0.6 is 0 Å². The molecule has 17 heavy (non-hydrogen) atoms. The third kappa shape index (κ3) is 2.36. The second-order valence-corrected chi connectivity index (χ2v) is 4.55. The highest BCUT2D eigenvalue weighted by Crippen LogP contribution is 2.24. The average molecular weight is 234 g/mol. The average Bonchev–Trinajstić information content (AvgIpc) is 2.94. The minimum absolute atomic E-state index is 0.450. The van der Waals surface area contributed by atoms with Crippen LogP contribution < -0.4 is 10.6 Å². The zero-order chi connectivity index (χ0) is 12.3. The Morgan fingerprint density at radius 2 is 2.47 bits per heavy atom. The van der Waals surface area contributed by atoms with Crippen LogP contribution in [0.3, 0.4) is 0 Å². The van der Waals surface area contributed by atoms with Gasteiger partial charge in [0.2, 0.25) is 5.95 Å². The predicted molar refractivity (Wildman–Crippen MR) is 71.2 cm³/mol. The predicted octanol–water partition coefficient (Wildman–Crippen LogP) is 1.56. The summed E-state index contributed by atoms with van der Waals surface area (Å²) in [5.74, 6) is 1.06. The van der Waals surface area contributed by atoms with Gasteiger partial charge in [-0.2, -0.15) is 0 Å². The van der Waals surface area contributed by atoms with E-state index in [9.17, 15) is 0 Å². The molecule has 0 saturated carbocycles. The molecule has 1 fully saturated rings. The Morgan fingerprint density at radius 3 is 3.12 bits per heavy atom. The molecule has 2 heterocycles. The Morgan fingerprint density at radius 1 is 1.65 bits per heavy atom. The van der Waals surface area contributed by atoms with E-state index >= 15 is 0 Å². The van der Waals surface area contributed by atoms with E-state index in [1.807, 2.05) is 6.08 Å². The summed E-state index contributed by atoms with van der Waals surface area (Å²) in [6, 6.07) is 0.450. The van der Waals surface area contributed by atoms with Gasteiger partial charge in [0, 0.05) is 31.9 Å². The summed E-state index contributed by atoms with van der Waals surface area (Å²) < 4.78 is 2.18. The van der Waals surface area contributed by atoms with Gasteiger partial charge >= 0.3 is 0 Å². The topological polar surface area (TPSA) is 47.1 Å². The van der Waals surface area contributed by atoms with Gasteiger partial charge in [-0.25, -0.2) is 4.98 Å². The highest BCUT2D eigenvalue weighted by Gasteiger charge is 2.26. The standard InChI is InChI=1S/C13H22N4/c1-3-7-16-10-11(4-2)15-13(16)17-8-5-6-12(17)9-14/h3,10,12H,1,4-9,14H2,2H3. The van der Waals surface area contributed by atoms with Gasteiger partial charge in [-0.1, -0.05) is 13.0 Å². The molecule has 2 rings (SSSR count). The molecule has 94 valence electrons. The molecule has 1 aliphatic rings. The molecule has 1 atom stereocenters. The van der Waals surface area contributed by atoms with E-state index in [0.29, 0.717) is 12.6 Å². The van der Waals surface area contributed by atoms with Gasteiger partial charge in [-0.3, -0.25) is 0 Å². The molecule has 2 N–H and O–H groups in total. The number of anilines is 1. The number of aromatic nitrogens is 2. The second kappa shape index (κ2) is 5.36. The lowest BCUT2D eigenvalue weighted by molar-refractivity contribution is 0.646. The van der Waals surface area contributed by atoms with Crippen LogP contribution in [0.2, 0.25) is 0 Å². The molecule has 1 unspecified atom stereocenters. The molecule has 0 spiro atoms. The zero-order valence-corrected chi connectivity index (χ0v) is 10.6. The lowest BCUT2D eigenvalue weighted by atomic mass is 10.2. The van der Waals surface area contributed by atoms with Crippen LogP contribution in [0.4, 0.5) is 5.95 Å². The van der Waals surface area contributed by atoms with Gasteiger partial charge in [0.15, 0.2) is 0 Å². The van der Waals surface area contributed by atoms with E-state index < -0.39 is 0 Å². The molecule has 1 aliphatic heterocycles. The number of rotatable bonds is 5. The molecule has 1 saturated heterocycles. The van der Waals surface area contributed by atoms with E-state index in [2.05, 4.69) is 29.2 Å². The number of nitrogens with zero attached hydrogens (tertiary/aromatic N) is 3. The van der Waals surface area contributed by atoms with E-state index in [0.717, 1.165) is 31.2 Å². The van der Waals surface area contributed by atoms with E-state index in [4.69, 9.17) is 10.7 Å². The summed E-state index contributed by atoms with van der Waals surface area (Å²) in [7, 11) is 0. The summed E-state index contributed by atoms with van der Waals surface area (Å²) >= 11 is 0. The molecule has 0 aliphatic carbocycles. The van der Waals surface area contributed by atoms with Crippen LogP contribution in [0.25, 0.3) is 0 Å². The van der Waals surface area contributed by atoms with E-state index in [1.165, 1.54) is 12.8 Å². The molecule has 0 bridgehead atoms. The third-order valence-corrected chi connectivity index (χ3v) is 3.40. The number of hydrogen-bond donors (Lipinski definition) is 1. The molecule has 1 aromatic heterocycles. The number of hydrogen-bond acceptors (Lipinski definition) is 3. The van der Waals surface area contributed by atoms with Gasteiger partial charge in [-0.15, -0.1) is 6.58 Å².